The van der Waals surface area contributed by atoms with Gasteiger partial charge < -0.3 is 9.47 Å². The van der Waals surface area contributed by atoms with Crippen LogP contribution in [0.15, 0.2) is 78.4 Å². The first-order chi connectivity index (χ1) is 16.0. The summed E-state index contributed by atoms with van der Waals surface area (Å²) in [6, 6.07) is 18.3. The average molecular weight is 446 g/mol. The van der Waals surface area contributed by atoms with Crippen molar-refractivity contribution in [2.45, 2.75) is 6.61 Å². The van der Waals surface area contributed by atoms with E-state index in [2.05, 4.69) is 5.32 Å². The molecule has 0 atom stereocenters. The van der Waals surface area contributed by atoms with Crippen LogP contribution in [0, 0.1) is 5.82 Å². The fraction of sp³-hybridized carbons (Fsp3) is 0.0800. The van der Waals surface area contributed by atoms with Crippen LogP contribution in [0.4, 0.5) is 14.9 Å². The Bertz CT molecular complexity index is 1240. The summed E-state index contributed by atoms with van der Waals surface area (Å²) in [4.78, 5) is 38.5. The first kappa shape index (κ1) is 21.8. The molecule has 166 valence electrons. The molecule has 4 amide bonds. The van der Waals surface area contributed by atoms with Crippen molar-refractivity contribution in [2.75, 3.05) is 12.0 Å². The predicted octanol–water partition coefficient (Wildman–Crippen LogP) is 4.08. The summed E-state index contributed by atoms with van der Waals surface area (Å²) in [6.07, 6.45) is 1.38. The zero-order valence-corrected chi connectivity index (χ0v) is 17.6. The number of carbonyl (C=O) groups excluding carboxylic acids is 3. The van der Waals surface area contributed by atoms with Crippen LogP contribution in [0.2, 0.25) is 0 Å². The molecule has 3 aromatic rings. The van der Waals surface area contributed by atoms with Crippen LogP contribution in [0.1, 0.15) is 11.1 Å². The molecule has 1 aliphatic rings. The molecule has 0 radical (unpaired) electrons. The zero-order valence-electron chi connectivity index (χ0n) is 17.6. The summed E-state index contributed by atoms with van der Waals surface area (Å²) in [6.45, 7) is 0.201. The van der Waals surface area contributed by atoms with Crippen molar-refractivity contribution in [1.29, 1.82) is 0 Å². The number of barbiturate groups is 1. The Morgan fingerprint density at radius 2 is 1.67 bits per heavy atom. The molecule has 0 unspecified atom stereocenters. The lowest BCUT2D eigenvalue weighted by Crippen LogP contribution is -2.54. The van der Waals surface area contributed by atoms with Gasteiger partial charge >= 0.3 is 6.03 Å². The summed E-state index contributed by atoms with van der Waals surface area (Å²) in [5.74, 6) is -1.03. The average Bonchev–Trinajstić information content (AvgIpc) is 2.82. The smallest absolute Gasteiger partial charge is 0.335 e. The first-order valence-electron chi connectivity index (χ1n) is 9.98. The molecule has 0 spiro atoms. The Hall–Kier alpha value is -4.46. The number of nitrogens with zero attached hydrogens (tertiary/aromatic N) is 1. The number of benzene rings is 3. The third kappa shape index (κ3) is 4.74. The minimum Gasteiger partial charge on any atom is -0.493 e. The van der Waals surface area contributed by atoms with Crippen molar-refractivity contribution in [3.8, 4) is 11.5 Å². The molecule has 0 saturated carbocycles. The predicted molar refractivity (Wildman–Crippen MR) is 119 cm³/mol. The van der Waals surface area contributed by atoms with Crippen molar-refractivity contribution in [3.63, 3.8) is 0 Å². The second-order valence-corrected chi connectivity index (χ2v) is 7.12. The van der Waals surface area contributed by atoms with Gasteiger partial charge in [-0.05, 0) is 53.6 Å². The Morgan fingerprint density at radius 1 is 0.939 bits per heavy atom. The van der Waals surface area contributed by atoms with Crippen molar-refractivity contribution in [1.82, 2.24) is 5.32 Å². The van der Waals surface area contributed by atoms with Gasteiger partial charge in [-0.15, -0.1) is 0 Å². The molecule has 1 N–H and O–H groups in total. The molecule has 1 aliphatic heterocycles. The SMILES string of the molecule is COc1cc(/C=C2\C(=O)NC(=O)N(c3ccccc3)C2=O)ccc1OCc1ccc(F)cc1. The summed E-state index contributed by atoms with van der Waals surface area (Å²) < 4.78 is 24.2. The van der Waals surface area contributed by atoms with Gasteiger partial charge in [0.25, 0.3) is 11.8 Å². The van der Waals surface area contributed by atoms with E-state index in [4.69, 9.17) is 9.47 Å². The number of ether oxygens (including phenoxy) is 2. The molecule has 3 aromatic carbocycles. The first-order valence-corrected chi connectivity index (χ1v) is 9.98. The number of amides is 4. The summed E-state index contributed by atoms with van der Waals surface area (Å²) in [5.41, 5.74) is 1.43. The van der Waals surface area contributed by atoms with Crippen molar-refractivity contribution < 1.29 is 28.2 Å². The van der Waals surface area contributed by atoms with Gasteiger partial charge in [0.1, 0.15) is 18.0 Å². The lowest BCUT2D eigenvalue weighted by atomic mass is 10.1. The molecule has 0 aliphatic carbocycles. The number of anilines is 1. The van der Waals surface area contributed by atoms with E-state index >= 15 is 0 Å². The number of rotatable bonds is 6. The maximum atomic E-state index is 13.1. The molecular formula is C25H19FN2O5. The molecule has 1 heterocycles. The highest BCUT2D eigenvalue weighted by Crippen LogP contribution is 2.30. The molecule has 33 heavy (non-hydrogen) atoms. The van der Waals surface area contributed by atoms with Crippen LogP contribution >= 0.6 is 0 Å². The summed E-state index contributed by atoms with van der Waals surface area (Å²) in [5, 5.41) is 2.19. The lowest BCUT2D eigenvalue weighted by molar-refractivity contribution is -0.122. The van der Waals surface area contributed by atoms with Gasteiger partial charge in [-0.2, -0.15) is 0 Å². The number of carbonyl (C=O) groups is 3. The quantitative estimate of drug-likeness (QED) is 0.456. The molecule has 1 saturated heterocycles. The largest absolute Gasteiger partial charge is 0.493 e. The number of hydrogen-bond acceptors (Lipinski definition) is 5. The molecule has 4 rings (SSSR count). The van der Waals surface area contributed by atoms with Crippen LogP contribution in [-0.2, 0) is 16.2 Å². The van der Waals surface area contributed by atoms with E-state index in [0.29, 0.717) is 22.7 Å². The summed E-state index contributed by atoms with van der Waals surface area (Å²) in [7, 11) is 1.46. The Labute approximate surface area is 189 Å². The topological polar surface area (TPSA) is 84.9 Å². The van der Waals surface area contributed by atoms with E-state index in [9.17, 15) is 18.8 Å². The van der Waals surface area contributed by atoms with E-state index in [1.807, 2.05) is 0 Å². The van der Waals surface area contributed by atoms with Gasteiger partial charge in [0.2, 0.25) is 0 Å². The Kier molecular flexibility index (Phi) is 6.17. The number of urea groups is 1. The number of hydrogen-bond donors (Lipinski definition) is 1. The van der Waals surface area contributed by atoms with Gasteiger partial charge in [0.05, 0.1) is 12.8 Å². The highest BCUT2D eigenvalue weighted by molar-refractivity contribution is 6.39. The van der Waals surface area contributed by atoms with E-state index in [1.54, 1.807) is 60.7 Å². The number of halogens is 1. The minimum absolute atomic E-state index is 0.194. The lowest BCUT2D eigenvalue weighted by Gasteiger charge is -2.26. The van der Waals surface area contributed by atoms with Crippen molar-refractivity contribution in [3.05, 3.63) is 95.3 Å². The van der Waals surface area contributed by atoms with Gasteiger partial charge in [0.15, 0.2) is 11.5 Å². The number of para-hydroxylation sites is 1. The van der Waals surface area contributed by atoms with Crippen LogP contribution in [0.3, 0.4) is 0 Å². The molecule has 0 aromatic heterocycles. The van der Waals surface area contributed by atoms with Crippen molar-refractivity contribution in [2.24, 2.45) is 0 Å². The standard InChI is InChI=1S/C25H19FN2O5/c1-32-22-14-17(9-12-21(22)33-15-16-7-10-18(26)11-8-16)13-20-23(29)27-25(31)28(24(20)30)19-5-3-2-4-6-19/h2-14H,15H2,1H3,(H,27,29,31)/b20-13+. The number of imide groups is 2. The zero-order chi connectivity index (χ0) is 23.4. The normalized spacial score (nSPS) is 14.9. The molecule has 1 fully saturated rings. The van der Waals surface area contributed by atoms with Crippen LogP contribution < -0.4 is 19.7 Å². The van der Waals surface area contributed by atoms with Gasteiger partial charge in [-0.25, -0.2) is 14.1 Å². The summed E-state index contributed by atoms with van der Waals surface area (Å²) >= 11 is 0. The highest BCUT2D eigenvalue weighted by Gasteiger charge is 2.36. The molecular weight excluding hydrogens is 427 g/mol. The van der Waals surface area contributed by atoms with E-state index < -0.39 is 17.8 Å². The fourth-order valence-electron chi connectivity index (χ4n) is 3.27. The fourth-order valence-corrected chi connectivity index (χ4v) is 3.27. The van der Waals surface area contributed by atoms with Gasteiger partial charge in [0, 0.05) is 0 Å². The van der Waals surface area contributed by atoms with Crippen LogP contribution in [0.5, 0.6) is 11.5 Å². The maximum absolute atomic E-state index is 13.1. The third-order valence-electron chi connectivity index (χ3n) is 4.92. The minimum atomic E-state index is -0.810. The Balaban J connectivity index is 1.58. The van der Waals surface area contributed by atoms with Crippen LogP contribution in [0.25, 0.3) is 6.08 Å². The monoisotopic (exact) mass is 446 g/mol. The highest BCUT2D eigenvalue weighted by atomic mass is 19.1. The van der Waals surface area contributed by atoms with E-state index in [-0.39, 0.29) is 18.0 Å². The molecule has 7 nitrogen and oxygen atoms in total. The van der Waals surface area contributed by atoms with E-state index in [0.717, 1.165) is 10.5 Å². The Morgan fingerprint density at radius 3 is 2.36 bits per heavy atom. The third-order valence-corrected chi connectivity index (χ3v) is 4.92. The number of nitrogens with one attached hydrogen (secondary N) is 1. The molecule has 0 bridgehead atoms. The van der Waals surface area contributed by atoms with Crippen LogP contribution in [-0.4, -0.2) is 25.0 Å². The second kappa shape index (κ2) is 9.35. The van der Waals surface area contributed by atoms with E-state index in [1.165, 1.54) is 25.3 Å². The van der Waals surface area contributed by atoms with Gasteiger partial charge in [-0.1, -0.05) is 36.4 Å². The number of methoxy groups -OCH3 is 1. The van der Waals surface area contributed by atoms with Gasteiger partial charge in [-0.3, -0.25) is 14.9 Å². The van der Waals surface area contributed by atoms with Crippen molar-refractivity contribution >= 4 is 29.6 Å². The molecule has 8 heteroatoms. The maximum Gasteiger partial charge on any atom is 0.335 e. The second-order valence-electron chi connectivity index (χ2n) is 7.12.